The van der Waals surface area contributed by atoms with E-state index in [4.69, 9.17) is 4.74 Å². The third-order valence-corrected chi connectivity index (χ3v) is 6.54. The highest BCUT2D eigenvalue weighted by molar-refractivity contribution is 6.08. The molecule has 2 atom stereocenters. The topological polar surface area (TPSA) is 102 Å². The fraction of sp³-hybridized carbons (Fsp3) is 0.545. The van der Waals surface area contributed by atoms with Crippen molar-refractivity contribution in [3.05, 3.63) is 35.9 Å². The van der Waals surface area contributed by atoms with Crippen LogP contribution in [0.1, 0.15) is 41.7 Å². The fourth-order valence-corrected chi connectivity index (χ4v) is 4.90. The van der Waals surface area contributed by atoms with Crippen molar-refractivity contribution in [3.8, 4) is 0 Å². The highest BCUT2D eigenvalue weighted by atomic mass is 19.4. The molecule has 2 aliphatic rings. The van der Waals surface area contributed by atoms with Crippen LogP contribution in [0.2, 0.25) is 0 Å². The summed E-state index contributed by atoms with van der Waals surface area (Å²) in [5.41, 5.74) is -1.26. The third kappa shape index (κ3) is 4.96. The summed E-state index contributed by atoms with van der Waals surface area (Å²) in [4.78, 5) is 19.9. The summed E-state index contributed by atoms with van der Waals surface area (Å²) in [7, 11) is 1.36. The molecule has 0 spiro atoms. The summed E-state index contributed by atoms with van der Waals surface area (Å²) in [5, 5.41) is 13.4. The van der Waals surface area contributed by atoms with Gasteiger partial charge in [-0.1, -0.05) is 12.8 Å². The van der Waals surface area contributed by atoms with E-state index in [0.717, 1.165) is 56.4 Å². The van der Waals surface area contributed by atoms with Gasteiger partial charge in [-0.3, -0.25) is 14.4 Å². The van der Waals surface area contributed by atoms with Crippen molar-refractivity contribution in [2.45, 2.75) is 43.9 Å². The number of alkyl halides is 3. The smallest absolute Gasteiger partial charge is 0.379 e. The number of halogens is 3. The first-order valence-corrected chi connectivity index (χ1v) is 11.6. The molecule has 0 unspecified atom stereocenters. The highest BCUT2D eigenvalue weighted by Crippen LogP contribution is 2.33. The van der Waals surface area contributed by atoms with Gasteiger partial charge in [0, 0.05) is 44.6 Å². The molecule has 3 aromatic heterocycles. The first kappa shape index (κ1) is 23.5. The van der Waals surface area contributed by atoms with Crippen LogP contribution in [-0.4, -0.2) is 73.6 Å². The zero-order valence-electron chi connectivity index (χ0n) is 19.3. The molecule has 0 bridgehead atoms. The fourth-order valence-electron chi connectivity index (χ4n) is 4.90. The maximum Gasteiger partial charge on any atom is 0.437 e. The summed E-state index contributed by atoms with van der Waals surface area (Å²) >= 11 is 0. The summed E-state index contributed by atoms with van der Waals surface area (Å²) in [6.07, 6.45) is 3.78. The molecule has 2 N–H and O–H groups in total. The summed E-state index contributed by atoms with van der Waals surface area (Å²) in [6.45, 7) is 3.26. The molecule has 1 saturated carbocycles. The SMILES string of the molecule is Cn1cc(NC(=O)c2cnn3ccc(N[C@@H]4CCCC[C@@H]4N4CCOCC4)nc23)c(C(F)(F)F)n1. The minimum Gasteiger partial charge on any atom is -0.379 e. The zero-order valence-corrected chi connectivity index (χ0v) is 19.3. The third-order valence-electron chi connectivity index (χ3n) is 6.54. The first-order valence-electron chi connectivity index (χ1n) is 11.6. The maximum absolute atomic E-state index is 13.3. The van der Waals surface area contributed by atoms with E-state index in [2.05, 4.69) is 30.7 Å². The number of ether oxygens (including phenoxy) is 1. The molecular weight excluding hydrogens is 465 g/mol. The lowest BCUT2D eigenvalue weighted by atomic mass is 9.89. The van der Waals surface area contributed by atoms with E-state index in [9.17, 15) is 18.0 Å². The molecule has 1 amide bonds. The van der Waals surface area contributed by atoms with Crippen molar-refractivity contribution in [2.75, 3.05) is 36.9 Å². The molecule has 0 radical (unpaired) electrons. The second-order valence-corrected chi connectivity index (χ2v) is 8.91. The van der Waals surface area contributed by atoms with E-state index in [1.165, 1.54) is 24.2 Å². The Morgan fingerprint density at radius 1 is 1.20 bits per heavy atom. The molecule has 2 fully saturated rings. The first-order chi connectivity index (χ1) is 16.8. The van der Waals surface area contributed by atoms with Gasteiger partial charge in [0.05, 0.1) is 25.1 Å². The lowest BCUT2D eigenvalue weighted by Gasteiger charge is -2.42. The average molecular weight is 493 g/mol. The van der Waals surface area contributed by atoms with Crippen LogP contribution in [0.25, 0.3) is 5.65 Å². The summed E-state index contributed by atoms with van der Waals surface area (Å²) in [6, 6.07) is 2.35. The number of morpholine rings is 1. The van der Waals surface area contributed by atoms with E-state index < -0.39 is 23.5 Å². The van der Waals surface area contributed by atoms with Gasteiger partial charge in [0.25, 0.3) is 5.91 Å². The van der Waals surface area contributed by atoms with E-state index in [1.807, 2.05) is 0 Å². The van der Waals surface area contributed by atoms with Crippen LogP contribution in [0.5, 0.6) is 0 Å². The van der Waals surface area contributed by atoms with E-state index >= 15 is 0 Å². The number of rotatable bonds is 5. The van der Waals surface area contributed by atoms with Gasteiger partial charge < -0.3 is 15.4 Å². The van der Waals surface area contributed by atoms with Crippen LogP contribution in [-0.2, 0) is 18.0 Å². The number of hydrogen-bond acceptors (Lipinski definition) is 7. The predicted molar refractivity (Wildman–Crippen MR) is 121 cm³/mol. The van der Waals surface area contributed by atoms with Crippen LogP contribution in [0, 0.1) is 0 Å². The zero-order chi connectivity index (χ0) is 24.6. The molecule has 0 aromatic carbocycles. The Bertz CT molecular complexity index is 1200. The minimum atomic E-state index is -4.70. The second kappa shape index (κ2) is 9.46. The number of aromatic nitrogens is 5. The van der Waals surface area contributed by atoms with Crippen LogP contribution in [0.4, 0.5) is 24.7 Å². The van der Waals surface area contributed by atoms with Gasteiger partial charge in [-0.15, -0.1) is 0 Å². The number of amides is 1. The normalized spacial score (nSPS) is 21.8. The summed E-state index contributed by atoms with van der Waals surface area (Å²) < 4.78 is 47.8. The molecule has 5 rings (SSSR count). The number of carbonyl (C=O) groups excluding carboxylic acids is 1. The molecule has 10 nitrogen and oxygen atoms in total. The second-order valence-electron chi connectivity index (χ2n) is 8.91. The molecule has 3 aromatic rings. The summed E-state index contributed by atoms with van der Waals surface area (Å²) in [5.74, 6) is -0.151. The number of aryl methyl sites for hydroxylation is 1. The molecule has 1 aliphatic carbocycles. The van der Waals surface area contributed by atoms with Crippen molar-refractivity contribution < 1.29 is 22.7 Å². The van der Waals surface area contributed by atoms with Crippen LogP contribution >= 0.6 is 0 Å². The predicted octanol–water partition coefficient (Wildman–Crippen LogP) is 2.79. The molecule has 35 heavy (non-hydrogen) atoms. The Hall–Kier alpha value is -3.19. The molecular formula is C22H27F3N8O2. The number of nitrogens with zero attached hydrogens (tertiary/aromatic N) is 6. The van der Waals surface area contributed by atoms with E-state index in [1.54, 1.807) is 12.3 Å². The van der Waals surface area contributed by atoms with Crippen LogP contribution < -0.4 is 10.6 Å². The maximum atomic E-state index is 13.3. The Morgan fingerprint density at radius 2 is 1.97 bits per heavy atom. The van der Waals surface area contributed by atoms with Gasteiger partial charge in [0.2, 0.25) is 0 Å². The van der Waals surface area contributed by atoms with Crippen molar-refractivity contribution in [1.82, 2.24) is 29.3 Å². The van der Waals surface area contributed by atoms with Crippen LogP contribution in [0.3, 0.4) is 0 Å². The molecule has 4 heterocycles. The van der Waals surface area contributed by atoms with Crippen molar-refractivity contribution in [2.24, 2.45) is 7.05 Å². The minimum absolute atomic E-state index is 0.0685. The van der Waals surface area contributed by atoms with Crippen molar-refractivity contribution in [1.29, 1.82) is 0 Å². The Labute approximate surface area is 199 Å². The van der Waals surface area contributed by atoms with Gasteiger partial charge >= 0.3 is 6.18 Å². The van der Waals surface area contributed by atoms with Gasteiger partial charge in [0.15, 0.2) is 11.3 Å². The molecule has 1 saturated heterocycles. The number of hydrogen-bond donors (Lipinski definition) is 2. The van der Waals surface area contributed by atoms with Crippen molar-refractivity contribution in [3.63, 3.8) is 0 Å². The quantitative estimate of drug-likeness (QED) is 0.565. The number of anilines is 2. The van der Waals surface area contributed by atoms with E-state index in [0.29, 0.717) is 11.9 Å². The lowest BCUT2D eigenvalue weighted by molar-refractivity contribution is -0.140. The van der Waals surface area contributed by atoms with Gasteiger partial charge in [-0.2, -0.15) is 23.4 Å². The molecule has 13 heteroatoms. The lowest BCUT2D eigenvalue weighted by Crippen LogP contribution is -2.52. The standard InChI is InChI=1S/C22H27F3N8O2/c1-31-13-16(19(30-31)22(23,24)25)28-21(34)14-12-26-33-7-6-18(29-20(14)33)27-15-4-2-3-5-17(15)32-8-10-35-11-9-32/h6-7,12-13,15,17H,2-5,8-11H2,1H3,(H,27,29)(H,28,34)/t15-,17+/m1/s1. The van der Waals surface area contributed by atoms with Gasteiger partial charge in [-0.25, -0.2) is 9.50 Å². The Morgan fingerprint density at radius 3 is 2.74 bits per heavy atom. The van der Waals surface area contributed by atoms with Crippen LogP contribution in [0.15, 0.2) is 24.7 Å². The molecule has 1 aliphatic heterocycles. The average Bonchev–Trinajstić information content (AvgIpc) is 3.43. The van der Waals surface area contributed by atoms with Gasteiger partial charge in [0.1, 0.15) is 11.4 Å². The number of nitrogens with one attached hydrogen (secondary N) is 2. The molecule has 188 valence electrons. The number of fused-ring (bicyclic) bond motifs is 1. The number of carbonyl (C=O) groups is 1. The van der Waals surface area contributed by atoms with Gasteiger partial charge in [-0.05, 0) is 18.9 Å². The Kier molecular flexibility index (Phi) is 6.36. The highest BCUT2D eigenvalue weighted by Gasteiger charge is 2.38. The Balaban J connectivity index is 1.36. The van der Waals surface area contributed by atoms with Crippen molar-refractivity contribution >= 4 is 23.1 Å². The monoisotopic (exact) mass is 492 g/mol. The largest absolute Gasteiger partial charge is 0.437 e. The van der Waals surface area contributed by atoms with E-state index in [-0.39, 0.29) is 17.3 Å².